The summed E-state index contributed by atoms with van der Waals surface area (Å²) in [5.74, 6) is -1.79. The minimum atomic E-state index is -4.82. The number of fused-ring (bicyclic) bond motifs is 1. The van der Waals surface area contributed by atoms with Crippen LogP contribution in [0.15, 0.2) is 29.1 Å². The van der Waals surface area contributed by atoms with E-state index < -0.39 is 29.0 Å². The van der Waals surface area contributed by atoms with E-state index in [1.54, 1.807) is 6.92 Å². The molecule has 2 heterocycles. The summed E-state index contributed by atoms with van der Waals surface area (Å²) in [4.78, 5) is 30.3. The monoisotopic (exact) mass is 441 g/mol. The van der Waals surface area contributed by atoms with E-state index in [0.717, 1.165) is 23.5 Å². The maximum absolute atomic E-state index is 14.3. The van der Waals surface area contributed by atoms with Crippen molar-refractivity contribution >= 4 is 22.2 Å². The van der Waals surface area contributed by atoms with E-state index in [2.05, 4.69) is 10.3 Å². The first-order chi connectivity index (χ1) is 14.0. The Labute approximate surface area is 173 Å². The number of carbonyl (C=O) groups is 1. The van der Waals surface area contributed by atoms with Crippen LogP contribution in [0.2, 0.25) is 0 Å². The highest BCUT2D eigenvalue weighted by atomic mass is 32.1. The van der Waals surface area contributed by atoms with E-state index in [-0.39, 0.29) is 34.4 Å². The zero-order valence-electron chi connectivity index (χ0n) is 16.4. The Morgan fingerprint density at radius 2 is 2.03 bits per heavy atom. The second kappa shape index (κ2) is 8.17. The van der Waals surface area contributed by atoms with Gasteiger partial charge in [-0.1, -0.05) is 19.1 Å². The first kappa shape index (κ1) is 21.9. The molecular weight excluding hydrogens is 422 g/mol. The fourth-order valence-corrected chi connectivity index (χ4v) is 3.99. The molecule has 3 aromatic rings. The third-order valence-corrected chi connectivity index (χ3v) is 5.66. The Bertz CT molecular complexity index is 1170. The van der Waals surface area contributed by atoms with E-state index in [9.17, 15) is 27.2 Å². The average Bonchev–Trinajstić information content (AvgIpc) is 2.98. The SMILES string of the molecule is CC[C@@H](C)NC(=O)c1c(C)sc2nc(Cc3cccc(C(F)(F)F)c3F)cc(=O)n12. The van der Waals surface area contributed by atoms with Crippen LogP contribution in [0.25, 0.3) is 4.96 Å². The van der Waals surface area contributed by atoms with E-state index in [1.807, 2.05) is 13.8 Å². The predicted octanol–water partition coefficient (Wildman–Crippen LogP) is 4.34. The first-order valence-electron chi connectivity index (χ1n) is 9.20. The van der Waals surface area contributed by atoms with Crippen molar-refractivity contribution in [2.75, 3.05) is 0 Å². The number of rotatable bonds is 5. The fourth-order valence-electron chi connectivity index (χ4n) is 3.00. The molecule has 0 aliphatic heterocycles. The lowest BCUT2D eigenvalue weighted by molar-refractivity contribution is -0.140. The van der Waals surface area contributed by atoms with Gasteiger partial charge in [-0.2, -0.15) is 13.2 Å². The molecule has 10 heteroatoms. The summed E-state index contributed by atoms with van der Waals surface area (Å²) in [6, 6.07) is 4.02. The summed E-state index contributed by atoms with van der Waals surface area (Å²) in [5.41, 5.74) is -1.85. The smallest absolute Gasteiger partial charge is 0.348 e. The van der Waals surface area contributed by atoms with Crippen LogP contribution in [0, 0.1) is 12.7 Å². The maximum Gasteiger partial charge on any atom is 0.419 e. The second-order valence-electron chi connectivity index (χ2n) is 6.95. The lowest BCUT2D eigenvalue weighted by Crippen LogP contribution is -2.34. The molecule has 0 saturated carbocycles. The number of hydrogen-bond donors (Lipinski definition) is 1. The molecular formula is C20H19F4N3O2S. The van der Waals surface area contributed by atoms with E-state index in [4.69, 9.17) is 0 Å². The zero-order chi connectivity index (χ0) is 22.2. The van der Waals surface area contributed by atoms with Crippen LogP contribution in [-0.2, 0) is 12.6 Å². The van der Waals surface area contributed by atoms with Crippen LogP contribution in [-0.4, -0.2) is 21.3 Å². The summed E-state index contributed by atoms with van der Waals surface area (Å²) in [6.07, 6.45) is -4.39. The van der Waals surface area contributed by atoms with Crippen LogP contribution in [0.5, 0.6) is 0 Å². The van der Waals surface area contributed by atoms with Gasteiger partial charge in [0.2, 0.25) is 0 Å². The molecule has 1 atom stereocenters. The Hall–Kier alpha value is -2.75. The normalized spacial score (nSPS) is 12.9. The second-order valence-corrected chi connectivity index (χ2v) is 8.13. The number of alkyl halides is 3. The minimum absolute atomic E-state index is 0.0846. The molecule has 0 aliphatic rings. The highest BCUT2D eigenvalue weighted by molar-refractivity contribution is 7.17. The van der Waals surface area contributed by atoms with Crippen molar-refractivity contribution in [2.24, 2.45) is 0 Å². The van der Waals surface area contributed by atoms with Crippen molar-refractivity contribution in [3.05, 3.63) is 67.8 Å². The van der Waals surface area contributed by atoms with Crippen molar-refractivity contribution in [1.29, 1.82) is 0 Å². The molecule has 0 radical (unpaired) electrons. The van der Waals surface area contributed by atoms with Crippen LogP contribution in [0.3, 0.4) is 0 Å². The molecule has 1 N–H and O–H groups in total. The van der Waals surface area contributed by atoms with E-state index in [0.29, 0.717) is 17.4 Å². The first-order valence-corrected chi connectivity index (χ1v) is 10.0. The van der Waals surface area contributed by atoms with Gasteiger partial charge in [-0.3, -0.25) is 9.59 Å². The Morgan fingerprint density at radius 3 is 2.67 bits per heavy atom. The summed E-state index contributed by atoms with van der Waals surface area (Å²) in [6.45, 7) is 5.43. The molecule has 0 unspecified atom stereocenters. The molecule has 3 rings (SSSR count). The van der Waals surface area contributed by atoms with Gasteiger partial charge in [0.1, 0.15) is 11.5 Å². The highest BCUT2D eigenvalue weighted by Gasteiger charge is 2.34. The molecule has 0 saturated heterocycles. The maximum atomic E-state index is 14.3. The van der Waals surface area contributed by atoms with Gasteiger partial charge in [0.25, 0.3) is 11.5 Å². The average molecular weight is 441 g/mol. The predicted molar refractivity (Wildman–Crippen MR) is 106 cm³/mol. The number of carbonyl (C=O) groups excluding carboxylic acids is 1. The third kappa shape index (κ3) is 4.23. The number of thiazole rings is 1. The number of halogens is 4. The molecule has 0 bridgehead atoms. The zero-order valence-corrected chi connectivity index (χ0v) is 17.2. The van der Waals surface area contributed by atoms with E-state index in [1.165, 1.54) is 10.5 Å². The topological polar surface area (TPSA) is 63.5 Å². The molecule has 1 aromatic carbocycles. The Balaban J connectivity index is 2.02. The van der Waals surface area contributed by atoms with Gasteiger partial charge in [0.05, 0.1) is 11.3 Å². The Kier molecular flexibility index (Phi) is 5.98. The molecule has 2 aromatic heterocycles. The lowest BCUT2D eigenvalue weighted by Gasteiger charge is -2.12. The van der Waals surface area contributed by atoms with Crippen LogP contribution in [0.4, 0.5) is 17.6 Å². The number of aryl methyl sites for hydroxylation is 1. The van der Waals surface area contributed by atoms with Crippen LogP contribution >= 0.6 is 11.3 Å². The summed E-state index contributed by atoms with van der Waals surface area (Å²) < 4.78 is 54.3. The standard InChI is InChI=1S/C20H19F4N3O2S/c1-4-10(2)25-18(29)17-11(3)30-19-26-13(9-15(28)27(17)19)8-12-6-5-7-14(16(12)21)20(22,23)24/h5-7,9-10H,4,8H2,1-3H3,(H,25,29)/t10-/m1/s1. The number of nitrogens with one attached hydrogen (secondary N) is 1. The van der Waals surface area contributed by atoms with Crippen LogP contribution in [0.1, 0.15) is 52.5 Å². The van der Waals surface area contributed by atoms with Crippen molar-refractivity contribution in [3.8, 4) is 0 Å². The number of amides is 1. The number of hydrogen-bond acceptors (Lipinski definition) is 4. The third-order valence-electron chi connectivity index (χ3n) is 4.70. The number of nitrogens with zero attached hydrogens (tertiary/aromatic N) is 2. The molecule has 0 spiro atoms. The highest BCUT2D eigenvalue weighted by Crippen LogP contribution is 2.33. The quantitative estimate of drug-likeness (QED) is 0.599. The van der Waals surface area contributed by atoms with Gasteiger partial charge in [-0.05, 0) is 31.9 Å². The van der Waals surface area contributed by atoms with Crippen molar-refractivity contribution < 1.29 is 22.4 Å². The van der Waals surface area contributed by atoms with Crippen molar-refractivity contribution in [3.63, 3.8) is 0 Å². The Morgan fingerprint density at radius 1 is 1.33 bits per heavy atom. The number of aromatic nitrogens is 2. The van der Waals surface area contributed by atoms with Gasteiger partial charge >= 0.3 is 6.18 Å². The minimum Gasteiger partial charge on any atom is -0.348 e. The molecule has 5 nitrogen and oxygen atoms in total. The van der Waals surface area contributed by atoms with Crippen molar-refractivity contribution in [2.45, 2.75) is 45.8 Å². The van der Waals surface area contributed by atoms with E-state index >= 15 is 0 Å². The molecule has 1 amide bonds. The summed E-state index contributed by atoms with van der Waals surface area (Å²) in [7, 11) is 0. The number of benzene rings is 1. The van der Waals surface area contributed by atoms with Gasteiger partial charge < -0.3 is 5.32 Å². The fraction of sp³-hybridized carbons (Fsp3) is 0.350. The van der Waals surface area contributed by atoms with Gasteiger partial charge in [0.15, 0.2) is 4.96 Å². The van der Waals surface area contributed by atoms with Gasteiger partial charge in [0, 0.05) is 23.4 Å². The van der Waals surface area contributed by atoms with Gasteiger partial charge in [-0.25, -0.2) is 13.8 Å². The molecule has 0 fully saturated rings. The largest absolute Gasteiger partial charge is 0.419 e. The van der Waals surface area contributed by atoms with Crippen molar-refractivity contribution in [1.82, 2.24) is 14.7 Å². The van der Waals surface area contributed by atoms with Gasteiger partial charge in [-0.15, -0.1) is 11.3 Å². The van der Waals surface area contributed by atoms with Crippen LogP contribution < -0.4 is 10.9 Å². The summed E-state index contributed by atoms with van der Waals surface area (Å²) >= 11 is 1.11. The molecule has 0 aliphatic carbocycles. The molecule has 160 valence electrons. The molecule has 30 heavy (non-hydrogen) atoms. The lowest BCUT2D eigenvalue weighted by atomic mass is 10.0. The summed E-state index contributed by atoms with van der Waals surface area (Å²) in [5, 5.41) is 2.80.